The van der Waals surface area contributed by atoms with Crippen molar-refractivity contribution in [2.24, 2.45) is 0 Å². The molecule has 0 bridgehead atoms. The maximum absolute atomic E-state index is 8.83. The number of aliphatic hydroxyl groups excluding tert-OH is 1. The van der Waals surface area contributed by atoms with Crippen molar-refractivity contribution < 1.29 is 5.11 Å². The Hall–Kier alpha value is -0.120. The Morgan fingerprint density at radius 3 is 2.76 bits per heavy atom. The minimum atomic E-state index is 0.324. The lowest BCUT2D eigenvalue weighted by molar-refractivity contribution is 0.236. The van der Waals surface area contributed by atoms with Gasteiger partial charge in [0.15, 0.2) is 0 Å². The molecule has 1 aliphatic carbocycles. The molecule has 0 aromatic rings. The van der Waals surface area contributed by atoms with Gasteiger partial charge in [0.05, 0.1) is 0 Å². The number of nitrogens with one attached hydrogen (secondary N) is 1. The summed E-state index contributed by atoms with van der Waals surface area (Å²) in [4.78, 5) is 2.70. The van der Waals surface area contributed by atoms with Gasteiger partial charge in [0.2, 0.25) is 0 Å². The summed E-state index contributed by atoms with van der Waals surface area (Å²) in [5.41, 5.74) is 0. The molecule has 17 heavy (non-hydrogen) atoms. The summed E-state index contributed by atoms with van der Waals surface area (Å²) in [6.45, 7) is 5.10. The summed E-state index contributed by atoms with van der Waals surface area (Å²) in [6.07, 6.45) is 9.04. The molecule has 2 fully saturated rings. The van der Waals surface area contributed by atoms with E-state index in [0.717, 1.165) is 18.9 Å². The van der Waals surface area contributed by atoms with Gasteiger partial charge in [-0.25, -0.2) is 0 Å². The van der Waals surface area contributed by atoms with Crippen LogP contribution in [0.4, 0.5) is 0 Å². The summed E-state index contributed by atoms with van der Waals surface area (Å²) >= 11 is 0. The van der Waals surface area contributed by atoms with Gasteiger partial charge in [-0.05, 0) is 39.0 Å². The average molecular weight is 240 g/mol. The molecule has 1 saturated carbocycles. The SMILES string of the molecule is C[C@H](CCCO)N[C@H]1CCN(C2CCCC2)C1. The van der Waals surface area contributed by atoms with Crippen LogP contribution < -0.4 is 5.32 Å². The molecule has 3 heteroatoms. The van der Waals surface area contributed by atoms with E-state index in [1.807, 2.05) is 0 Å². The molecule has 2 atom stereocenters. The van der Waals surface area contributed by atoms with Crippen molar-refractivity contribution in [3.63, 3.8) is 0 Å². The van der Waals surface area contributed by atoms with Gasteiger partial charge in [-0.15, -0.1) is 0 Å². The zero-order valence-electron chi connectivity index (χ0n) is 11.2. The fourth-order valence-electron chi connectivity index (χ4n) is 3.41. The molecular weight excluding hydrogens is 212 g/mol. The first-order valence-electron chi connectivity index (χ1n) is 7.40. The van der Waals surface area contributed by atoms with Gasteiger partial charge >= 0.3 is 0 Å². The number of likely N-dealkylation sites (tertiary alicyclic amines) is 1. The predicted octanol–water partition coefficient (Wildman–Crippen LogP) is 1.75. The first-order chi connectivity index (χ1) is 8.29. The van der Waals surface area contributed by atoms with Crippen molar-refractivity contribution in [3.05, 3.63) is 0 Å². The third-order valence-electron chi connectivity index (χ3n) is 4.38. The molecule has 2 aliphatic rings. The van der Waals surface area contributed by atoms with E-state index in [1.165, 1.54) is 45.2 Å². The quantitative estimate of drug-likeness (QED) is 0.742. The minimum absolute atomic E-state index is 0.324. The molecule has 2 rings (SSSR count). The summed E-state index contributed by atoms with van der Waals surface area (Å²) in [6, 6.07) is 2.12. The van der Waals surface area contributed by atoms with E-state index in [2.05, 4.69) is 17.1 Å². The Morgan fingerprint density at radius 1 is 1.29 bits per heavy atom. The second-order valence-electron chi connectivity index (χ2n) is 5.85. The number of aliphatic hydroxyl groups is 1. The highest BCUT2D eigenvalue weighted by molar-refractivity contribution is 4.88. The zero-order valence-corrected chi connectivity index (χ0v) is 11.2. The molecule has 0 radical (unpaired) electrons. The molecule has 0 unspecified atom stereocenters. The number of rotatable bonds is 6. The molecule has 0 aromatic carbocycles. The molecular formula is C14H28N2O. The van der Waals surface area contributed by atoms with E-state index in [-0.39, 0.29) is 0 Å². The summed E-state index contributed by atoms with van der Waals surface area (Å²) in [5.74, 6) is 0. The Balaban J connectivity index is 1.66. The van der Waals surface area contributed by atoms with Gasteiger partial charge in [0, 0.05) is 37.8 Å². The molecule has 1 aliphatic heterocycles. The van der Waals surface area contributed by atoms with Gasteiger partial charge < -0.3 is 10.4 Å². The molecule has 0 spiro atoms. The lowest BCUT2D eigenvalue weighted by Crippen LogP contribution is -2.40. The third kappa shape index (κ3) is 3.94. The molecule has 2 N–H and O–H groups in total. The molecule has 0 aromatic heterocycles. The van der Waals surface area contributed by atoms with Crippen LogP contribution in [0.3, 0.4) is 0 Å². The summed E-state index contributed by atoms with van der Waals surface area (Å²) in [7, 11) is 0. The maximum atomic E-state index is 8.83. The van der Waals surface area contributed by atoms with Crippen LogP contribution in [0.25, 0.3) is 0 Å². The van der Waals surface area contributed by atoms with Crippen LogP contribution >= 0.6 is 0 Å². The fourth-order valence-corrected chi connectivity index (χ4v) is 3.41. The van der Waals surface area contributed by atoms with E-state index >= 15 is 0 Å². The summed E-state index contributed by atoms with van der Waals surface area (Å²) in [5, 5.41) is 12.5. The Morgan fingerprint density at radius 2 is 2.06 bits per heavy atom. The standard InChI is InChI=1S/C14H28N2O/c1-12(5-4-10-17)15-13-8-9-16(11-13)14-6-2-3-7-14/h12-15,17H,2-11H2,1H3/t12-,13+/m1/s1. The van der Waals surface area contributed by atoms with Gasteiger partial charge in [0.1, 0.15) is 0 Å². The van der Waals surface area contributed by atoms with Crippen molar-refractivity contribution >= 4 is 0 Å². The molecule has 3 nitrogen and oxygen atoms in total. The smallest absolute Gasteiger partial charge is 0.0431 e. The molecule has 0 amide bonds. The van der Waals surface area contributed by atoms with Gasteiger partial charge in [-0.3, -0.25) is 4.90 Å². The predicted molar refractivity (Wildman–Crippen MR) is 71.2 cm³/mol. The minimum Gasteiger partial charge on any atom is -0.396 e. The van der Waals surface area contributed by atoms with Crippen LogP contribution in [0, 0.1) is 0 Å². The van der Waals surface area contributed by atoms with Crippen molar-refractivity contribution in [2.45, 2.75) is 70.0 Å². The number of hydrogen-bond donors (Lipinski definition) is 2. The van der Waals surface area contributed by atoms with Crippen LogP contribution in [0.15, 0.2) is 0 Å². The van der Waals surface area contributed by atoms with Crippen molar-refractivity contribution in [1.82, 2.24) is 10.2 Å². The van der Waals surface area contributed by atoms with Crippen LogP contribution in [0.1, 0.15) is 51.9 Å². The normalized spacial score (nSPS) is 28.9. The highest BCUT2D eigenvalue weighted by Crippen LogP contribution is 2.26. The van der Waals surface area contributed by atoms with Gasteiger partial charge in [-0.1, -0.05) is 12.8 Å². The average Bonchev–Trinajstić information content (AvgIpc) is 2.95. The van der Waals surface area contributed by atoms with E-state index < -0.39 is 0 Å². The van der Waals surface area contributed by atoms with E-state index in [4.69, 9.17) is 5.11 Å². The monoisotopic (exact) mass is 240 g/mol. The van der Waals surface area contributed by atoms with Crippen LogP contribution in [-0.4, -0.2) is 47.8 Å². The van der Waals surface area contributed by atoms with Crippen molar-refractivity contribution in [1.29, 1.82) is 0 Å². The highest BCUT2D eigenvalue weighted by atomic mass is 16.2. The number of nitrogens with zero attached hydrogens (tertiary/aromatic N) is 1. The lowest BCUT2D eigenvalue weighted by Gasteiger charge is -2.24. The third-order valence-corrected chi connectivity index (χ3v) is 4.38. The molecule has 1 heterocycles. The van der Waals surface area contributed by atoms with Crippen LogP contribution in [0.5, 0.6) is 0 Å². The van der Waals surface area contributed by atoms with E-state index in [1.54, 1.807) is 0 Å². The fraction of sp³-hybridized carbons (Fsp3) is 1.00. The van der Waals surface area contributed by atoms with E-state index in [9.17, 15) is 0 Å². The largest absolute Gasteiger partial charge is 0.396 e. The van der Waals surface area contributed by atoms with Gasteiger partial charge in [0.25, 0.3) is 0 Å². The van der Waals surface area contributed by atoms with E-state index in [0.29, 0.717) is 18.7 Å². The second-order valence-corrected chi connectivity index (χ2v) is 5.85. The number of hydrogen-bond acceptors (Lipinski definition) is 3. The Labute approximate surface area is 106 Å². The van der Waals surface area contributed by atoms with Crippen molar-refractivity contribution in [2.75, 3.05) is 19.7 Å². The van der Waals surface area contributed by atoms with Crippen LogP contribution in [-0.2, 0) is 0 Å². The highest BCUT2D eigenvalue weighted by Gasteiger charge is 2.30. The molecule has 1 saturated heterocycles. The van der Waals surface area contributed by atoms with Crippen molar-refractivity contribution in [3.8, 4) is 0 Å². The second kappa shape index (κ2) is 6.72. The topological polar surface area (TPSA) is 35.5 Å². The summed E-state index contributed by atoms with van der Waals surface area (Å²) < 4.78 is 0. The first kappa shape index (κ1) is 13.3. The maximum Gasteiger partial charge on any atom is 0.0431 e. The lowest BCUT2D eigenvalue weighted by atomic mass is 10.1. The van der Waals surface area contributed by atoms with Gasteiger partial charge in [-0.2, -0.15) is 0 Å². The molecule has 100 valence electrons. The Kier molecular flexibility index (Phi) is 5.26. The first-order valence-corrected chi connectivity index (χ1v) is 7.40. The van der Waals surface area contributed by atoms with Crippen LogP contribution in [0.2, 0.25) is 0 Å². The Bertz CT molecular complexity index is 216. The zero-order chi connectivity index (χ0) is 12.1.